The number of nitrogens with one attached hydrogen (secondary N) is 1. The van der Waals surface area contributed by atoms with Crippen LogP contribution in [0.15, 0.2) is 24.3 Å². The van der Waals surface area contributed by atoms with Crippen LogP contribution >= 0.6 is 0 Å². The number of benzene rings is 1. The number of amides is 1. The molecule has 0 aliphatic carbocycles. The van der Waals surface area contributed by atoms with Crippen molar-refractivity contribution in [3.8, 4) is 0 Å². The summed E-state index contributed by atoms with van der Waals surface area (Å²) in [4.78, 5) is 20.4. The van der Waals surface area contributed by atoms with Gasteiger partial charge in [-0.1, -0.05) is 24.3 Å². The van der Waals surface area contributed by atoms with E-state index < -0.39 is 5.97 Å². The normalized spacial score (nSPS) is 9.60. The second-order valence-electron chi connectivity index (χ2n) is 3.21. The summed E-state index contributed by atoms with van der Waals surface area (Å²) in [7, 11) is 0. The van der Waals surface area contributed by atoms with Crippen molar-refractivity contribution in [3.05, 3.63) is 35.4 Å². The van der Waals surface area contributed by atoms with Crippen LogP contribution in [0.2, 0.25) is 0 Å². The van der Waals surface area contributed by atoms with Gasteiger partial charge in [-0.15, -0.1) is 0 Å². The van der Waals surface area contributed by atoms with Gasteiger partial charge < -0.3 is 10.4 Å². The van der Waals surface area contributed by atoms with Crippen LogP contribution in [-0.4, -0.2) is 24.0 Å². The number of carbonyl (C=O) groups excluding carboxylic acids is 1. The lowest BCUT2D eigenvalue weighted by Gasteiger charge is -2.02. The second kappa shape index (κ2) is 5.80. The van der Waals surface area contributed by atoms with E-state index in [1.807, 2.05) is 12.1 Å². The number of carbonyl (C=O) groups is 2. The molecule has 0 radical (unpaired) electrons. The van der Waals surface area contributed by atoms with Crippen LogP contribution in [0.1, 0.15) is 11.1 Å². The summed E-state index contributed by atoms with van der Waals surface area (Å²) in [6.45, 7) is 0.599. The molecule has 0 saturated heterocycles. The minimum Gasteiger partial charge on any atom is -0.481 e. The Morgan fingerprint density at radius 3 is 2.40 bits per heavy atom. The quantitative estimate of drug-likeness (QED) is 0.530. The highest BCUT2D eigenvalue weighted by Crippen LogP contribution is 2.05. The maximum atomic E-state index is 10.4. The molecule has 0 unspecified atom stereocenters. The van der Waals surface area contributed by atoms with Gasteiger partial charge in [-0.05, 0) is 17.5 Å². The third-order valence-corrected chi connectivity index (χ3v) is 2.02. The molecule has 0 bridgehead atoms. The standard InChI is InChI=1S/C11H13NO3/c13-8-12-6-5-9-1-3-10(4-2-9)7-11(14)15/h1-4,8H,5-7H2,(H,12,13)(H,14,15). The van der Waals surface area contributed by atoms with E-state index in [1.54, 1.807) is 12.1 Å². The maximum absolute atomic E-state index is 10.4. The van der Waals surface area contributed by atoms with Crippen molar-refractivity contribution in [2.24, 2.45) is 0 Å². The largest absolute Gasteiger partial charge is 0.481 e. The van der Waals surface area contributed by atoms with Gasteiger partial charge in [0.05, 0.1) is 6.42 Å². The number of aliphatic carboxylic acids is 1. The molecule has 0 heterocycles. The fourth-order valence-corrected chi connectivity index (χ4v) is 1.27. The van der Waals surface area contributed by atoms with E-state index in [0.29, 0.717) is 13.0 Å². The molecule has 4 heteroatoms. The maximum Gasteiger partial charge on any atom is 0.307 e. The van der Waals surface area contributed by atoms with Gasteiger partial charge in [0, 0.05) is 6.54 Å². The molecule has 2 N–H and O–H groups in total. The van der Waals surface area contributed by atoms with Crippen molar-refractivity contribution in [3.63, 3.8) is 0 Å². The molecule has 0 fully saturated rings. The summed E-state index contributed by atoms with van der Waals surface area (Å²) in [5.74, 6) is -0.828. The molecule has 4 nitrogen and oxygen atoms in total. The molecule has 0 aliphatic rings. The minimum absolute atomic E-state index is 0.0485. The van der Waals surface area contributed by atoms with Crippen molar-refractivity contribution in [1.82, 2.24) is 5.32 Å². The SMILES string of the molecule is O=CNCCc1ccc(CC(=O)O)cc1. The molecule has 80 valence electrons. The van der Waals surface area contributed by atoms with Gasteiger partial charge in [-0.2, -0.15) is 0 Å². The first-order valence-corrected chi connectivity index (χ1v) is 4.69. The van der Waals surface area contributed by atoms with Gasteiger partial charge in [0.25, 0.3) is 0 Å². The van der Waals surface area contributed by atoms with Crippen LogP contribution < -0.4 is 5.32 Å². The van der Waals surface area contributed by atoms with E-state index in [2.05, 4.69) is 5.32 Å². The van der Waals surface area contributed by atoms with Crippen LogP contribution in [0, 0.1) is 0 Å². The van der Waals surface area contributed by atoms with E-state index in [1.165, 1.54) is 0 Å². The van der Waals surface area contributed by atoms with E-state index in [9.17, 15) is 9.59 Å². The second-order valence-corrected chi connectivity index (χ2v) is 3.21. The zero-order valence-corrected chi connectivity index (χ0v) is 8.27. The fraction of sp³-hybridized carbons (Fsp3) is 0.273. The van der Waals surface area contributed by atoms with Crippen LogP contribution in [0.3, 0.4) is 0 Å². The first kappa shape index (κ1) is 11.2. The summed E-state index contributed by atoms with van der Waals surface area (Å²) in [6.07, 6.45) is 1.47. The lowest BCUT2D eigenvalue weighted by atomic mass is 10.1. The summed E-state index contributed by atoms with van der Waals surface area (Å²) in [6, 6.07) is 7.35. The Kier molecular flexibility index (Phi) is 4.34. The molecule has 1 aromatic rings. The highest BCUT2D eigenvalue weighted by molar-refractivity contribution is 5.70. The summed E-state index contributed by atoms with van der Waals surface area (Å²) < 4.78 is 0. The molecule has 0 spiro atoms. The number of hydrogen-bond acceptors (Lipinski definition) is 2. The molecule has 0 aliphatic heterocycles. The molecule has 0 aromatic heterocycles. The van der Waals surface area contributed by atoms with Crippen molar-refractivity contribution >= 4 is 12.4 Å². The average Bonchev–Trinajstić information content (AvgIpc) is 2.20. The Bertz CT molecular complexity index is 332. The number of hydrogen-bond donors (Lipinski definition) is 2. The number of carboxylic acid groups (broad SMARTS) is 1. The Labute approximate surface area is 87.9 Å². The molecule has 0 atom stereocenters. The van der Waals surface area contributed by atoms with Crippen LogP contribution in [-0.2, 0) is 22.4 Å². The van der Waals surface area contributed by atoms with Crippen molar-refractivity contribution in [2.45, 2.75) is 12.8 Å². The van der Waals surface area contributed by atoms with Gasteiger partial charge in [0.15, 0.2) is 0 Å². The molecule has 15 heavy (non-hydrogen) atoms. The summed E-state index contributed by atoms with van der Waals surface area (Å²) in [5, 5.41) is 11.1. The molecule has 1 rings (SSSR count). The molecular weight excluding hydrogens is 194 g/mol. The Hall–Kier alpha value is -1.84. The van der Waals surface area contributed by atoms with Gasteiger partial charge in [0.1, 0.15) is 0 Å². The first-order chi connectivity index (χ1) is 7.22. The van der Waals surface area contributed by atoms with E-state index in [0.717, 1.165) is 17.5 Å². The van der Waals surface area contributed by atoms with E-state index in [-0.39, 0.29) is 6.42 Å². The Morgan fingerprint density at radius 2 is 1.87 bits per heavy atom. The monoisotopic (exact) mass is 207 g/mol. The summed E-state index contributed by atoms with van der Waals surface area (Å²) >= 11 is 0. The highest BCUT2D eigenvalue weighted by Gasteiger charge is 1.99. The van der Waals surface area contributed by atoms with Crippen LogP contribution in [0.4, 0.5) is 0 Å². The lowest BCUT2D eigenvalue weighted by Crippen LogP contribution is -2.14. The summed E-state index contributed by atoms with van der Waals surface area (Å²) in [5.41, 5.74) is 1.87. The lowest BCUT2D eigenvalue weighted by molar-refractivity contribution is -0.136. The minimum atomic E-state index is -0.828. The highest BCUT2D eigenvalue weighted by atomic mass is 16.4. The predicted octanol–water partition coefficient (Wildman–Crippen LogP) is 0.602. The number of carboxylic acids is 1. The van der Waals surface area contributed by atoms with Crippen molar-refractivity contribution < 1.29 is 14.7 Å². The molecule has 1 aromatic carbocycles. The number of rotatable bonds is 6. The third-order valence-electron chi connectivity index (χ3n) is 2.02. The molecule has 0 saturated carbocycles. The van der Waals surface area contributed by atoms with Gasteiger partial charge in [-0.3, -0.25) is 9.59 Å². The third kappa shape index (κ3) is 4.26. The van der Waals surface area contributed by atoms with Gasteiger partial charge in [0.2, 0.25) is 6.41 Å². The molecular formula is C11H13NO3. The topological polar surface area (TPSA) is 66.4 Å². The zero-order valence-electron chi connectivity index (χ0n) is 8.27. The van der Waals surface area contributed by atoms with Gasteiger partial charge >= 0.3 is 5.97 Å². The zero-order chi connectivity index (χ0) is 11.1. The first-order valence-electron chi connectivity index (χ1n) is 4.69. The van der Waals surface area contributed by atoms with Crippen LogP contribution in [0.25, 0.3) is 0 Å². The van der Waals surface area contributed by atoms with Crippen molar-refractivity contribution in [1.29, 1.82) is 0 Å². The Morgan fingerprint density at radius 1 is 1.27 bits per heavy atom. The van der Waals surface area contributed by atoms with E-state index in [4.69, 9.17) is 5.11 Å². The fourth-order valence-electron chi connectivity index (χ4n) is 1.27. The smallest absolute Gasteiger partial charge is 0.307 e. The van der Waals surface area contributed by atoms with E-state index >= 15 is 0 Å². The van der Waals surface area contributed by atoms with Crippen molar-refractivity contribution in [2.75, 3.05) is 6.54 Å². The molecule has 1 amide bonds. The van der Waals surface area contributed by atoms with Crippen LogP contribution in [0.5, 0.6) is 0 Å². The van der Waals surface area contributed by atoms with Gasteiger partial charge in [-0.25, -0.2) is 0 Å². The predicted molar refractivity (Wildman–Crippen MR) is 55.6 cm³/mol. The average molecular weight is 207 g/mol. The Balaban J connectivity index is 2.48.